The number of hydrogen-bond acceptors (Lipinski definition) is 14. The van der Waals surface area contributed by atoms with Crippen molar-refractivity contribution in [2.45, 2.75) is 63.1 Å². The number of fused-ring (bicyclic) bond motifs is 1. The zero-order valence-electron chi connectivity index (χ0n) is 34.9. The van der Waals surface area contributed by atoms with Crippen molar-refractivity contribution in [2.24, 2.45) is 0 Å². The van der Waals surface area contributed by atoms with Crippen LogP contribution in [0.2, 0.25) is 0 Å². The highest BCUT2D eigenvalue weighted by molar-refractivity contribution is 7.89. The van der Waals surface area contributed by atoms with Crippen LogP contribution in [0.5, 0.6) is 5.75 Å². The largest absolute Gasteiger partial charge is 0.492 e. The highest BCUT2D eigenvalue weighted by atomic mass is 32.2. The smallest absolute Gasteiger partial charge is 0.262 e. The molecular weight excluding hydrogens is 869 g/mol. The van der Waals surface area contributed by atoms with Gasteiger partial charge in [0.05, 0.1) is 28.6 Å². The summed E-state index contributed by atoms with van der Waals surface area (Å²) < 4.78 is 36.5. The van der Waals surface area contributed by atoms with Crippen molar-refractivity contribution in [1.29, 1.82) is 0 Å². The van der Waals surface area contributed by atoms with E-state index in [4.69, 9.17) is 9.47 Å². The van der Waals surface area contributed by atoms with Crippen LogP contribution in [0.4, 0.5) is 5.13 Å². The molecule has 0 saturated carbocycles. The molecule has 3 aliphatic rings. The third kappa shape index (κ3) is 11.4. The molecule has 2 aromatic heterocycles. The summed E-state index contributed by atoms with van der Waals surface area (Å²) in [6.45, 7) is 2.74. The number of likely N-dealkylation sites (tertiary alicyclic amines) is 1. The van der Waals surface area contributed by atoms with E-state index in [0.717, 1.165) is 46.6 Å². The zero-order chi connectivity index (χ0) is 45.4. The van der Waals surface area contributed by atoms with Gasteiger partial charge in [0.25, 0.3) is 17.7 Å². The molecule has 2 fully saturated rings. The maximum atomic E-state index is 13.4. The van der Waals surface area contributed by atoms with Crippen LogP contribution in [0.3, 0.4) is 0 Å². The van der Waals surface area contributed by atoms with E-state index in [-0.39, 0.29) is 67.5 Å². The summed E-state index contributed by atoms with van der Waals surface area (Å²) in [6.07, 6.45) is 5.80. The number of thiazole rings is 1. The molecule has 0 aliphatic carbocycles. The lowest BCUT2D eigenvalue weighted by Gasteiger charge is -2.32. The minimum absolute atomic E-state index is 0.0111. The van der Waals surface area contributed by atoms with Crippen molar-refractivity contribution in [2.75, 3.05) is 51.0 Å². The molecule has 0 bridgehead atoms. The maximum Gasteiger partial charge on any atom is 0.262 e. The Balaban J connectivity index is 0.800. The number of anilines is 1. The fourth-order valence-electron chi connectivity index (χ4n) is 7.56. The van der Waals surface area contributed by atoms with Crippen LogP contribution in [-0.2, 0) is 33.9 Å². The summed E-state index contributed by atoms with van der Waals surface area (Å²) in [7, 11) is -3.61. The summed E-state index contributed by atoms with van der Waals surface area (Å²) in [5.74, 6) is -3.13. The van der Waals surface area contributed by atoms with E-state index in [9.17, 15) is 42.0 Å². The number of aromatic nitrogens is 2. The van der Waals surface area contributed by atoms with E-state index >= 15 is 0 Å². The first-order chi connectivity index (χ1) is 30.7. The Morgan fingerprint density at radius 2 is 1.72 bits per heavy atom. The molecule has 2 aromatic carbocycles. The molecule has 2 atom stereocenters. The van der Waals surface area contributed by atoms with Gasteiger partial charge in [-0.25, -0.2) is 13.4 Å². The van der Waals surface area contributed by atoms with Crippen molar-refractivity contribution in [3.63, 3.8) is 0 Å². The fourth-order valence-corrected chi connectivity index (χ4v) is 8.87. The molecule has 3 aliphatic heterocycles. The normalized spacial score (nSPS) is 17.5. The van der Waals surface area contributed by atoms with Crippen LogP contribution in [0, 0.1) is 0 Å². The Morgan fingerprint density at radius 1 is 0.953 bits per heavy atom. The first-order valence-corrected chi connectivity index (χ1v) is 23.6. The van der Waals surface area contributed by atoms with Crippen molar-refractivity contribution < 1.29 is 51.5 Å². The van der Waals surface area contributed by atoms with Crippen molar-refractivity contribution in [3.8, 4) is 17.0 Å². The van der Waals surface area contributed by atoms with E-state index in [0.29, 0.717) is 36.1 Å². The van der Waals surface area contributed by atoms with E-state index in [1.807, 2.05) is 35.7 Å². The van der Waals surface area contributed by atoms with Gasteiger partial charge >= 0.3 is 0 Å². The molecule has 21 heteroatoms. The van der Waals surface area contributed by atoms with E-state index in [1.54, 1.807) is 6.07 Å². The average Bonchev–Trinajstić information content (AvgIpc) is 4.02. The van der Waals surface area contributed by atoms with Gasteiger partial charge in [-0.05, 0) is 56.4 Å². The van der Waals surface area contributed by atoms with E-state index < -0.39 is 57.6 Å². The standard InChI is InChI=1S/C43H48N8O11S2/c1-64(59,60)50-19-13-28(25-50)38(54)45-33(39(55)48-43-46-34(26-63-43)27-6-3-2-4-7-27)16-22-61-21-5-8-36(52)44-29-14-17-49(18-15-29)20-23-62-30-9-10-31-32(24-30)42(58)51(41(31)57)35-11-12-37(53)47-40(35)56/h2-4,6-7,9-10,13,19,24-26,29,33,35H,5,8,11-12,14-18,20-23H2,1H3,(H,44,52)(H,45,54)(H,46,48,55)(H,47,53,56)/t33-,35?/m0/s1. The van der Waals surface area contributed by atoms with Gasteiger partial charge in [0.1, 0.15) is 24.4 Å². The Morgan fingerprint density at radius 3 is 2.45 bits per heavy atom. The topological polar surface area (TPSA) is 245 Å². The zero-order valence-corrected chi connectivity index (χ0v) is 36.6. The molecule has 0 radical (unpaired) electrons. The quantitative estimate of drug-likeness (QED) is 0.0781. The molecule has 4 N–H and O–H groups in total. The van der Waals surface area contributed by atoms with Gasteiger partial charge in [-0.15, -0.1) is 11.3 Å². The summed E-state index contributed by atoms with van der Waals surface area (Å²) >= 11 is 1.24. The number of imide groups is 2. The van der Waals surface area contributed by atoms with Crippen LogP contribution < -0.4 is 26.0 Å². The van der Waals surface area contributed by atoms with Gasteiger partial charge in [-0.1, -0.05) is 30.3 Å². The molecule has 4 aromatic rings. The third-order valence-electron chi connectivity index (χ3n) is 11.0. The molecule has 1 unspecified atom stereocenters. The van der Waals surface area contributed by atoms with Gasteiger partial charge in [-0.3, -0.25) is 52.7 Å². The number of rotatable bonds is 19. The highest BCUT2D eigenvalue weighted by Crippen LogP contribution is 2.30. The second-order valence-corrected chi connectivity index (χ2v) is 18.3. The van der Waals surface area contributed by atoms with Crippen LogP contribution in [0.25, 0.3) is 11.3 Å². The Bertz CT molecular complexity index is 2520. The molecule has 64 heavy (non-hydrogen) atoms. The van der Waals surface area contributed by atoms with Crippen LogP contribution in [0.15, 0.2) is 72.4 Å². The van der Waals surface area contributed by atoms with Crippen LogP contribution >= 0.6 is 11.3 Å². The van der Waals surface area contributed by atoms with Gasteiger partial charge in [0, 0.05) is 75.1 Å². The van der Waals surface area contributed by atoms with Gasteiger partial charge in [0.15, 0.2) is 5.13 Å². The summed E-state index contributed by atoms with van der Waals surface area (Å²) in [6, 6.07) is 13.3. The van der Waals surface area contributed by atoms with E-state index in [2.05, 4.69) is 31.2 Å². The fraction of sp³-hybridized carbons (Fsp3) is 0.395. The molecule has 7 amide bonds. The first-order valence-electron chi connectivity index (χ1n) is 20.8. The van der Waals surface area contributed by atoms with Crippen LogP contribution in [-0.4, -0.2) is 132 Å². The molecule has 7 rings (SSSR count). The number of nitrogens with zero attached hydrogens (tertiary/aromatic N) is 4. The summed E-state index contributed by atoms with van der Waals surface area (Å²) in [5, 5.41) is 12.9. The summed E-state index contributed by atoms with van der Waals surface area (Å²) in [5.41, 5.74) is 1.96. The Labute approximate surface area is 372 Å². The van der Waals surface area contributed by atoms with Gasteiger partial charge in [-0.2, -0.15) is 0 Å². The van der Waals surface area contributed by atoms with Crippen molar-refractivity contribution in [1.82, 2.24) is 34.7 Å². The third-order valence-corrected chi connectivity index (χ3v) is 12.8. The van der Waals surface area contributed by atoms with Crippen molar-refractivity contribution >= 4 is 67.8 Å². The lowest BCUT2D eigenvalue weighted by Crippen LogP contribution is -2.54. The number of benzene rings is 2. The average molecular weight is 917 g/mol. The molecule has 5 heterocycles. The number of nitrogens with one attached hydrogen (secondary N) is 4. The van der Waals surface area contributed by atoms with Crippen LogP contribution in [0.1, 0.15) is 76.0 Å². The number of carbonyl (C=O) groups is 7. The SMILES string of the molecule is CS(=O)(=O)n1ccc(C(=O)N[C@@H](CCOCCCC(=O)NC2CCN(CCOc3ccc4c(c3)C(=O)N(C3CCC(=O)NC3=O)C4=O)CC2)C(=O)Nc2nc(-c3ccccc3)cs2)c1. The first kappa shape index (κ1) is 45.7. The highest BCUT2D eigenvalue weighted by Gasteiger charge is 2.44. The molecular formula is C43H48N8O11S2. The molecule has 2 saturated heterocycles. The second-order valence-electron chi connectivity index (χ2n) is 15.6. The number of ether oxygens (including phenoxy) is 2. The maximum absolute atomic E-state index is 13.4. The molecule has 19 nitrogen and oxygen atoms in total. The lowest BCUT2D eigenvalue weighted by molar-refractivity contribution is -0.136. The number of amides is 7. The van der Waals surface area contributed by atoms with Gasteiger partial charge in [0.2, 0.25) is 33.7 Å². The molecule has 0 spiro atoms. The Hall–Kier alpha value is -6.29. The minimum Gasteiger partial charge on any atom is -0.492 e. The van der Waals surface area contributed by atoms with Gasteiger partial charge < -0.3 is 25.4 Å². The molecule has 338 valence electrons. The number of hydrogen-bond donors (Lipinski definition) is 4. The minimum atomic E-state index is -3.61. The lowest BCUT2D eigenvalue weighted by atomic mass is 10.0. The summed E-state index contributed by atoms with van der Waals surface area (Å²) in [4.78, 5) is 96.9. The van der Waals surface area contributed by atoms with E-state index in [1.165, 1.54) is 41.9 Å². The number of piperidine rings is 2. The predicted octanol–water partition coefficient (Wildman–Crippen LogP) is 2.40. The number of carbonyl (C=O) groups excluding carboxylic acids is 7. The van der Waals surface area contributed by atoms with Crippen molar-refractivity contribution in [3.05, 3.63) is 89.1 Å². The monoisotopic (exact) mass is 916 g/mol. The second kappa shape index (κ2) is 20.5. The Kier molecular flexibility index (Phi) is 14.6. The predicted molar refractivity (Wildman–Crippen MR) is 233 cm³/mol.